The smallest absolute Gasteiger partial charge is 0.182 e. The first-order valence-electron chi connectivity index (χ1n) is 5.40. The summed E-state index contributed by atoms with van der Waals surface area (Å²) in [5.41, 5.74) is 6.18. The van der Waals surface area contributed by atoms with E-state index in [1.165, 1.54) is 6.07 Å². The van der Waals surface area contributed by atoms with Gasteiger partial charge in [0.1, 0.15) is 5.82 Å². The number of anilines is 1. The molecule has 0 aliphatic heterocycles. The second kappa shape index (κ2) is 5.30. The van der Waals surface area contributed by atoms with E-state index in [4.69, 9.17) is 5.73 Å². The van der Waals surface area contributed by atoms with Crippen LogP contribution < -0.4 is 5.73 Å². The van der Waals surface area contributed by atoms with Crippen LogP contribution in [0.4, 0.5) is 10.1 Å². The monoisotopic (exact) mass is 343 g/mol. The highest BCUT2D eigenvalue weighted by Gasteiger charge is 2.16. The van der Waals surface area contributed by atoms with Crippen molar-refractivity contribution >= 4 is 31.5 Å². The molecule has 0 atom stereocenters. The molecule has 0 spiro atoms. The van der Waals surface area contributed by atoms with E-state index in [2.05, 4.69) is 15.9 Å². The van der Waals surface area contributed by atoms with E-state index >= 15 is 0 Å². The minimum atomic E-state index is -3.61. The van der Waals surface area contributed by atoms with E-state index in [0.717, 1.165) is 16.6 Å². The zero-order chi connectivity index (χ0) is 14.0. The van der Waals surface area contributed by atoms with Crippen LogP contribution in [-0.2, 0) is 15.6 Å². The van der Waals surface area contributed by atoms with Crippen molar-refractivity contribution in [3.8, 4) is 0 Å². The van der Waals surface area contributed by atoms with Gasteiger partial charge >= 0.3 is 0 Å². The average Bonchev–Trinajstić information content (AvgIpc) is 2.31. The molecule has 0 unspecified atom stereocenters. The molecule has 3 nitrogen and oxygen atoms in total. The summed E-state index contributed by atoms with van der Waals surface area (Å²) in [5, 5.41) is 0. The van der Waals surface area contributed by atoms with Crippen molar-refractivity contribution in [2.45, 2.75) is 10.6 Å². The largest absolute Gasteiger partial charge is 0.399 e. The summed E-state index contributed by atoms with van der Waals surface area (Å²) in [7, 11) is -3.61. The topological polar surface area (TPSA) is 60.2 Å². The lowest BCUT2D eigenvalue weighted by molar-refractivity contribution is 0.590. The Hall–Kier alpha value is -1.40. The summed E-state index contributed by atoms with van der Waals surface area (Å²) >= 11 is 3.27. The summed E-state index contributed by atoms with van der Waals surface area (Å²) in [6.07, 6.45) is 0. The lowest BCUT2D eigenvalue weighted by atomic mass is 10.2. The van der Waals surface area contributed by atoms with Crippen LogP contribution in [0.1, 0.15) is 5.56 Å². The fourth-order valence-electron chi connectivity index (χ4n) is 1.65. The lowest BCUT2D eigenvalue weighted by Gasteiger charge is -2.06. The third-order valence-electron chi connectivity index (χ3n) is 2.52. The van der Waals surface area contributed by atoms with Gasteiger partial charge in [-0.25, -0.2) is 12.8 Å². The summed E-state index contributed by atoms with van der Waals surface area (Å²) < 4.78 is 38.4. The highest BCUT2D eigenvalue weighted by atomic mass is 79.9. The molecule has 6 heteroatoms. The molecular weight excluding hydrogens is 333 g/mol. The van der Waals surface area contributed by atoms with Gasteiger partial charge in [-0.2, -0.15) is 0 Å². The zero-order valence-corrected chi connectivity index (χ0v) is 12.2. The fourth-order valence-corrected chi connectivity index (χ4v) is 3.32. The van der Waals surface area contributed by atoms with Crippen LogP contribution in [0.5, 0.6) is 0 Å². The SMILES string of the molecule is Nc1cc(F)cc(S(=O)(=O)Cc2ccc(Br)cc2)c1. The summed E-state index contributed by atoms with van der Waals surface area (Å²) in [4.78, 5) is -0.104. The van der Waals surface area contributed by atoms with E-state index in [-0.39, 0.29) is 16.3 Å². The van der Waals surface area contributed by atoms with Crippen LogP contribution in [-0.4, -0.2) is 8.42 Å². The Morgan fingerprint density at radius 1 is 1.11 bits per heavy atom. The van der Waals surface area contributed by atoms with Gasteiger partial charge in [0.2, 0.25) is 0 Å². The Morgan fingerprint density at radius 3 is 2.32 bits per heavy atom. The molecule has 0 aromatic heterocycles. The van der Waals surface area contributed by atoms with Gasteiger partial charge in [0.05, 0.1) is 10.6 Å². The van der Waals surface area contributed by atoms with Gasteiger partial charge in [-0.1, -0.05) is 28.1 Å². The minimum absolute atomic E-state index is 0.0920. The summed E-state index contributed by atoms with van der Waals surface area (Å²) in [6, 6.07) is 10.2. The molecule has 19 heavy (non-hydrogen) atoms. The van der Waals surface area contributed by atoms with Crippen molar-refractivity contribution in [1.82, 2.24) is 0 Å². The number of halogens is 2. The highest BCUT2D eigenvalue weighted by Crippen LogP contribution is 2.21. The van der Waals surface area contributed by atoms with Crippen molar-refractivity contribution in [2.75, 3.05) is 5.73 Å². The van der Waals surface area contributed by atoms with Gasteiger partial charge in [-0.15, -0.1) is 0 Å². The summed E-state index contributed by atoms with van der Waals surface area (Å²) in [5.74, 6) is -0.849. The molecular formula is C13H11BrFNO2S. The first kappa shape index (κ1) is 14.0. The predicted octanol–water partition coefficient (Wildman–Crippen LogP) is 3.14. The van der Waals surface area contributed by atoms with Crippen LogP contribution in [0.2, 0.25) is 0 Å². The maximum Gasteiger partial charge on any atom is 0.182 e. The second-order valence-corrected chi connectivity index (χ2v) is 7.01. The van der Waals surface area contributed by atoms with Gasteiger partial charge in [0.25, 0.3) is 0 Å². The van der Waals surface area contributed by atoms with Gasteiger partial charge in [-0.05, 0) is 35.9 Å². The molecule has 2 aromatic carbocycles. The number of rotatable bonds is 3. The van der Waals surface area contributed by atoms with Crippen LogP contribution in [0.15, 0.2) is 51.8 Å². The Balaban J connectivity index is 2.34. The highest BCUT2D eigenvalue weighted by molar-refractivity contribution is 9.10. The first-order valence-corrected chi connectivity index (χ1v) is 7.85. The quantitative estimate of drug-likeness (QED) is 0.871. The predicted molar refractivity (Wildman–Crippen MR) is 75.8 cm³/mol. The molecule has 0 heterocycles. The molecule has 0 amide bonds. The Morgan fingerprint density at radius 2 is 1.74 bits per heavy atom. The maximum absolute atomic E-state index is 13.2. The average molecular weight is 344 g/mol. The number of nitrogens with two attached hydrogens (primary N) is 1. The van der Waals surface area contributed by atoms with Crippen LogP contribution >= 0.6 is 15.9 Å². The van der Waals surface area contributed by atoms with Gasteiger partial charge in [-0.3, -0.25) is 0 Å². The van der Waals surface area contributed by atoms with E-state index in [0.29, 0.717) is 5.56 Å². The van der Waals surface area contributed by atoms with Gasteiger partial charge in [0, 0.05) is 10.2 Å². The van der Waals surface area contributed by atoms with Crippen molar-refractivity contribution < 1.29 is 12.8 Å². The van der Waals surface area contributed by atoms with Crippen molar-refractivity contribution in [2.24, 2.45) is 0 Å². The molecule has 0 fully saturated rings. The third-order valence-corrected chi connectivity index (χ3v) is 4.72. The van der Waals surface area contributed by atoms with E-state index in [9.17, 15) is 12.8 Å². The van der Waals surface area contributed by atoms with Crippen molar-refractivity contribution in [3.05, 3.63) is 58.3 Å². The number of nitrogen functional groups attached to an aromatic ring is 1. The maximum atomic E-state index is 13.2. The first-order chi connectivity index (χ1) is 8.87. The molecule has 0 aliphatic rings. The van der Waals surface area contributed by atoms with Crippen LogP contribution in [0, 0.1) is 5.82 Å². The Labute approximate surface area is 119 Å². The number of hydrogen-bond acceptors (Lipinski definition) is 3. The van der Waals surface area contributed by atoms with Crippen molar-refractivity contribution in [1.29, 1.82) is 0 Å². The van der Waals surface area contributed by atoms with Gasteiger partial charge in [0.15, 0.2) is 9.84 Å². The molecule has 0 saturated carbocycles. The van der Waals surface area contributed by atoms with E-state index in [1.54, 1.807) is 24.3 Å². The molecule has 0 bridgehead atoms. The Kier molecular flexibility index (Phi) is 3.91. The second-order valence-electron chi connectivity index (χ2n) is 4.11. The summed E-state index contributed by atoms with van der Waals surface area (Å²) in [6.45, 7) is 0. The van der Waals surface area contributed by atoms with E-state index < -0.39 is 15.7 Å². The van der Waals surface area contributed by atoms with Crippen molar-refractivity contribution in [3.63, 3.8) is 0 Å². The number of benzene rings is 2. The molecule has 0 radical (unpaired) electrons. The molecule has 0 aliphatic carbocycles. The molecule has 100 valence electrons. The van der Waals surface area contributed by atoms with E-state index in [1.807, 2.05) is 0 Å². The molecule has 2 aromatic rings. The molecule has 0 saturated heterocycles. The zero-order valence-electron chi connectivity index (χ0n) is 9.81. The number of hydrogen-bond donors (Lipinski definition) is 1. The van der Waals surface area contributed by atoms with Crippen LogP contribution in [0.3, 0.4) is 0 Å². The third kappa shape index (κ3) is 3.54. The minimum Gasteiger partial charge on any atom is -0.399 e. The number of sulfone groups is 1. The van der Waals surface area contributed by atoms with Crippen LogP contribution in [0.25, 0.3) is 0 Å². The standard InChI is InChI=1S/C13H11BrFNO2S/c14-10-3-1-9(2-4-10)8-19(17,18)13-6-11(15)5-12(16)7-13/h1-7H,8,16H2. The lowest BCUT2D eigenvalue weighted by Crippen LogP contribution is -2.06. The normalized spacial score (nSPS) is 11.5. The van der Waals surface area contributed by atoms with Gasteiger partial charge < -0.3 is 5.73 Å². The fraction of sp³-hybridized carbons (Fsp3) is 0.0769. The Bertz CT molecular complexity index is 679. The molecule has 2 rings (SSSR count). The molecule has 2 N–H and O–H groups in total.